The van der Waals surface area contributed by atoms with E-state index in [0.717, 1.165) is 18.4 Å². The van der Waals surface area contributed by atoms with Crippen LogP contribution in [0.4, 0.5) is 0 Å². The number of amides is 1. The molecule has 1 saturated heterocycles. The van der Waals surface area contributed by atoms with Crippen molar-refractivity contribution in [3.8, 4) is 0 Å². The van der Waals surface area contributed by atoms with Gasteiger partial charge in [-0.05, 0) is 24.8 Å². The third kappa shape index (κ3) is 3.64. The summed E-state index contributed by atoms with van der Waals surface area (Å²) in [6.07, 6.45) is 3.47. The first-order valence-corrected chi connectivity index (χ1v) is 9.11. The lowest BCUT2D eigenvalue weighted by Gasteiger charge is -2.46. The fourth-order valence-electron chi connectivity index (χ4n) is 3.45. The number of hydrogen-bond donors (Lipinski definition) is 1. The van der Waals surface area contributed by atoms with Gasteiger partial charge in [-0.3, -0.25) is 4.79 Å². The van der Waals surface area contributed by atoms with E-state index >= 15 is 0 Å². The molecule has 1 N–H and O–H groups in total. The summed E-state index contributed by atoms with van der Waals surface area (Å²) >= 11 is 0. The minimum Gasteiger partial charge on any atom is -0.365 e. The van der Waals surface area contributed by atoms with Crippen molar-refractivity contribution in [2.75, 3.05) is 20.2 Å². The smallest absolute Gasteiger partial charge is 0.257 e. The number of benzene rings is 1. The molecular weight excluding hydrogens is 332 g/mol. The Morgan fingerprint density at radius 2 is 2.15 bits per heavy atom. The van der Waals surface area contributed by atoms with E-state index in [-0.39, 0.29) is 24.0 Å². The van der Waals surface area contributed by atoms with Gasteiger partial charge in [-0.15, -0.1) is 0 Å². The molecule has 1 aliphatic heterocycles. The van der Waals surface area contributed by atoms with Gasteiger partial charge in [0.1, 0.15) is 6.10 Å². The molecular formula is C19H24N4O3. The number of carbonyl (C=O) groups is 1. The first kappa shape index (κ1) is 17.2. The van der Waals surface area contributed by atoms with Gasteiger partial charge < -0.3 is 19.5 Å². The van der Waals surface area contributed by atoms with Gasteiger partial charge in [-0.25, -0.2) is 0 Å². The highest BCUT2D eigenvalue weighted by Crippen LogP contribution is 2.36. The van der Waals surface area contributed by atoms with Crippen molar-refractivity contribution in [2.24, 2.45) is 0 Å². The number of likely N-dealkylation sites (N-methyl/N-ethyl adjacent to an activating group) is 1. The Kier molecular flexibility index (Phi) is 4.74. The van der Waals surface area contributed by atoms with Crippen molar-refractivity contribution >= 4 is 5.91 Å². The summed E-state index contributed by atoms with van der Waals surface area (Å²) in [5, 5.41) is 7.50. The predicted octanol–water partition coefficient (Wildman–Crippen LogP) is 1.85. The van der Waals surface area contributed by atoms with Gasteiger partial charge in [0.25, 0.3) is 5.89 Å². The molecule has 0 bridgehead atoms. The first-order valence-electron chi connectivity index (χ1n) is 9.11. The van der Waals surface area contributed by atoms with Crippen molar-refractivity contribution in [3.05, 3.63) is 47.6 Å². The zero-order valence-corrected chi connectivity index (χ0v) is 15.0. The van der Waals surface area contributed by atoms with Crippen LogP contribution in [-0.2, 0) is 22.5 Å². The van der Waals surface area contributed by atoms with E-state index in [1.165, 1.54) is 6.42 Å². The molecule has 1 aromatic heterocycles. The van der Waals surface area contributed by atoms with Crippen molar-refractivity contribution < 1.29 is 14.1 Å². The monoisotopic (exact) mass is 356 g/mol. The average Bonchev–Trinajstić information content (AvgIpc) is 3.10. The molecule has 2 aromatic rings. The summed E-state index contributed by atoms with van der Waals surface area (Å²) in [6, 6.07) is 9.88. The van der Waals surface area contributed by atoms with Crippen LogP contribution in [0, 0.1) is 0 Å². The van der Waals surface area contributed by atoms with E-state index in [1.54, 1.807) is 11.9 Å². The fraction of sp³-hybridized carbons (Fsp3) is 0.526. The molecule has 1 unspecified atom stereocenters. The molecule has 2 fully saturated rings. The number of morpholine rings is 1. The summed E-state index contributed by atoms with van der Waals surface area (Å²) in [5.41, 5.74) is 1.25. The molecule has 1 amide bonds. The minimum atomic E-state index is -0.236. The molecule has 1 spiro atoms. The van der Waals surface area contributed by atoms with Crippen molar-refractivity contribution in [2.45, 2.75) is 43.9 Å². The summed E-state index contributed by atoms with van der Waals surface area (Å²) in [4.78, 5) is 18.4. The van der Waals surface area contributed by atoms with Crippen LogP contribution in [0.1, 0.15) is 42.6 Å². The Labute approximate surface area is 152 Å². The van der Waals surface area contributed by atoms with E-state index in [4.69, 9.17) is 9.26 Å². The van der Waals surface area contributed by atoms with Gasteiger partial charge in [-0.2, -0.15) is 4.98 Å². The second kappa shape index (κ2) is 7.17. The fourth-order valence-corrected chi connectivity index (χ4v) is 3.45. The Hall–Kier alpha value is -2.25. The van der Waals surface area contributed by atoms with Crippen LogP contribution >= 0.6 is 0 Å². The number of ether oxygens (including phenoxy) is 1. The van der Waals surface area contributed by atoms with Gasteiger partial charge in [0.05, 0.1) is 13.0 Å². The van der Waals surface area contributed by atoms with E-state index in [9.17, 15) is 4.79 Å². The third-order valence-corrected chi connectivity index (χ3v) is 5.29. The van der Waals surface area contributed by atoms with Gasteiger partial charge in [0, 0.05) is 25.7 Å². The normalized spacial score (nSPS) is 21.3. The number of nitrogens with one attached hydrogen (secondary N) is 1. The Morgan fingerprint density at radius 1 is 1.35 bits per heavy atom. The van der Waals surface area contributed by atoms with Crippen LogP contribution in [-0.4, -0.2) is 46.7 Å². The van der Waals surface area contributed by atoms with Gasteiger partial charge in [-0.1, -0.05) is 35.5 Å². The van der Waals surface area contributed by atoms with Crippen LogP contribution in [0.5, 0.6) is 0 Å². The number of rotatable bonds is 5. The van der Waals surface area contributed by atoms with E-state index in [0.29, 0.717) is 31.4 Å². The van der Waals surface area contributed by atoms with E-state index in [2.05, 4.69) is 15.5 Å². The highest BCUT2D eigenvalue weighted by molar-refractivity contribution is 5.77. The summed E-state index contributed by atoms with van der Waals surface area (Å²) in [5.74, 6) is 0.801. The zero-order valence-electron chi connectivity index (χ0n) is 15.0. The number of aromatic nitrogens is 2. The molecule has 7 nitrogen and oxygen atoms in total. The lowest BCUT2D eigenvalue weighted by molar-refractivity contribution is -0.129. The number of hydrogen-bond acceptors (Lipinski definition) is 6. The molecule has 138 valence electrons. The van der Waals surface area contributed by atoms with Crippen LogP contribution in [0.2, 0.25) is 0 Å². The lowest BCUT2D eigenvalue weighted by Crippen LogP contribution is -2.59. The van der Waals surface area contributed by atoms with Crippen LogP contribution < -0.4 is 5.32 Å². The molecule has 1 aromatic carbocycles. The maximum Gasteiger partial charge on any atom is 0.257 e. The summed E-state index contributed by atoms with van der Waals surface area (Å²) in [6.45, 7) is 1.90. The van der Waals surface area contributed by atoms with Crippen LogP contribution in [0.15, 0.2) is 34.9 Å². The Balaban J connectivity index is 1.31. The van der Waals surface area contributed by atoms with Gasteiger partial charge in [0.15, 0.2) is 5.82 Å². The molecule has 0 radical (unpaired) electrons. The first-order chi connectivity index (χ1) is 12.6. The molecule has 26 heavy (non-hydrogen) atoms. The molecule has 7 heteroatoms. The zero-order chi connectivity index (χ0) is 18.0. The van der Waals surface area contributed by atoms with Crippen LogP contribution in [0.3, 0.4) is 0 Å². The molecule has 2 aliphatic rings. The van der Waals surface area contributed by atoms with Crippen LogP contribution in [0.25, 0.3) is 0 Å². The van der Waals surface area contributed by atoms with Crippen molar-refractivity contribution in [3.63, 3.8) is 0 Å². The average molecular weight is 356 g/mol. The topological polar surface area (TPSA) is 80.5 Å². The summed E-state index contributed by atoms with van der Waals surface area (Å²) < 4.78 is 11.2. The van der Waals surface area contributed by atoms with E-state index < -0.39 is 0 Å². The van der Waals surface area contributed by atoms with Crippen molar-refractivity contribution in [1.82, 2.24) is 20.4 Å². The SMILES string of the molecule is CN(Cc1ccccc1)C(=O)Cc1noc(C2CNC3(CCC3)CO2)n1. The van der Waals surface area contributed by atoms with E-state index in [1.807, 2.05) is 30.3 Å². The predicted molar refractivity (Wildman–Crippen MR) is 94.2 cm³/mol. The molecule has 4 rings (SSSR count). The molecule has 2 heterocycles. The largest absolute Gasteiger partial charge is 0.365 e. The highest BCUT2D eigenvalue weighted by atomic mass is 16.5. The number of nitrogens with zero attached hydrogens (tertiary/aromatic N) is 3. The third-order valence-electron chi connectivity index (χ3n) is 5.29. The summed E-state index contributed by atoms with van der Waals surface area (Å²) in [7, 11) is 1.78. The minimum absolute atomic E-state index is 0.0442. The molecule has 1 aliphatic carbocycles. The Bertz CT molecular complexity index is 747. The maximum atomic E-state index is 12.4. The standard InChI is InChI=1S/C19H24N4O3/c1-23(12-14-6-3-2-4-7-14)17(24)10-16-21-18(26-22-16)15-11-20-19(13-25-15)8-5-9-19/h2-4,6-7,15,20H,5,8-13H2,1H3. The number of carbonyl (C=O) groups excluding carboxylic acids is 1. The second-order valence-corrected chi connectivity index (χ2v) is 7.28. The quantitative estimate of drug-likeness (QED) is 0.881. The van der Waals surface area contributed by atoms with Gasteiger partial charge >= 0.3 is 0 Å². The maximum absolute atomic E-state index is 12.4. The Morgan fingerprint density at radius 3 is 2.81 bits per heavy atom. The molecule has 1 saturated carbocycles. The molecule has 1 atom stereocenters. The highest BCUT2D eigenvalue weighted by Gasteiger charge is 2.42. The van der Waals surface area contributed by atoms with Gasteiger partial charge in [0.2, 0.25) is 5.91 Å². The second-order valence-electron chi connectivity index (χ2n) is 7.28. The van der Waals surface area contributed by atoms with Crippen molar-refractivity contribution in [1.29, 1.82) is 0 Å². The lowest BCUT2D eigenvalue weighted by atomic mass is 9.76.